The fourth-order valence-corrected chi connectivity index (χ4v) is 3.18. The van der Waals surface area contributed by atoms with Crippen molar-refractivity contribution in [2.45, 2.75) is 0 Å². The number of pyridine rings is 1. The van der Waals surface area contributed by atoms with Crippen LogP contribution in [-0.2, 0) is 0 Å². The van der Waals surface area contributed by atoms with Crippen molar-refractivity contribution in [3.8, 4) is 22.5 Å². The smallest absolute Gasteiger partial charge is 0.221 e. The third-order valence-electron chi connectivity index (χ3n) is 3.89. The minimum Gasteiger partial charge on any atom is -0.368 e. The Hall–Kier alpha value is -2.57. The molecular weight excluding hydrogens is 419 g/mol. The van der Waals surface area contributed by atoms with Gasteiger partial charge in [0.2, 0.25) is 5.95 Å². The van der Waals surface area contributed by atoms with Gasteiger partial charge in [0.1, 0.15) is 11.0 Å². The topological polar surface area (TPSA) is 64.7 Å². The van der Waals surface area contributed by atoms with Crippen molar-refractivity contribution in [1.82, 2.24) is 15.0 Å². The first kappa shape index (κ1) is 16.9. The molecule has 0 saturated carbocycles. The molecule has 4 rings (SSSR count). The lowest BCUT2D eigenvalue weighted by Crippen LogP contribution is -1.99. The van der Waals surface area contributed by atoms with Crippen LogP contribution in [-0.4, -0.2) is 15.0 Å². The van der Waals surface area contributed by atoms with E-state index in [2.05, 4.69) is 30.9 Å². The summed E-state index contributed by atoms with van der Waals surface area (Å²) in [6, 6.07) is 15.6. The number of rotatable bonds is 2. The van der Waals surface area contributed by atoms with Gasteiger partial charge in [0.05, 0.1) is 16.9 Å². The van der Waals surface area contributed by atoms with Crippen molar-refractivity contribution in [3.05, 3.63) is 70.0 Å². The molecule has 2 aromatic carbocycles. The van der Waals surface area contributed by atoms with Crippen LogP contribution in [0.25, 0.3) is 33.4 Å². The minimum atomic E-state index is -0.342. The molecule has 26 heavy (non-hydrogen) atoms. The average Bonchev–Trinajstić information content (AvgIpc) is 2.61. The van der Waals surface area contributed by atoms with E-state index in [-0.39, 0.29) is 16.9 Å². The molecule has 4 nitrogen and oxygen atoms in total. The van der Waals surface area contributed by atoms with Crippen molar-refractivity contribution >= 4 is 44.4 Å². The second kappa shape index (κ2) is 6.63. The van der Waals surface area contributed by atoms with E-state index in [4.69, 9.17) is 17.3 Å². The Morgan fingerprint density at radius 2 is 1.62 bits per heavy atom. The van der Waals surface area contributed by atoms with Crippen molar-refractivity contribution in [1.29, 1.82) is 0 Å². The van der Waals surface area contributed by atoms with Crippen molar-refractivity contribution in [2.75, 3.05) is 5.73 Å². The van der Waals surface area contributed by atoms with Crippen LogP contribution in [0.15, 0.2) is 59.1 Å². The van der Waals surface area contributed by atoms with Gasteiger partial charge >= 0.3 is 0 Å². The van der Waals surface area contributed by atoms with Crippen LogP contribution in [0.3, 0.4) is 0 Å². The molecule has 0 atom stereocenters. The first-order chi connectivity index (χ1) is 12.5. The summed E-state index contributed by atoms with van der Waals surface area (Å²) in [5, 5.41) is 0.899. The predicted molar refractivity (Wildman–Crippen MR) is 105 cm³/mol. The number of nitrogens with two attached hydrogens (primary N) is 1. The number of nitrogen functional groups attached to an aromatic ring is 1. The first-order valence-corrected chi connectivity index (χ1v) is 8.83. The molecule has 0 unspecified atom stereocenters. The molecule has 4 aromatic rings. The van der Waals surface area contributed by atoms with E-state index in [0.29, 0.717) is 27.9 Å². The van der Waals surface area contributed by atoms with Crippen LogP contribution in [0.2, 0.25) is 5.15 Å². The predicted octanol–water partition coefficient (Wildman–Crippen LogP) is 5.50. The summed E-state index contributed by atoms with van der Waals surface area (Å²) in [4.78, 5) is 12.9. The fraction of sp³-hybridized carbons (Fsp3) is 0. The lowest BCUT2D eigenvalue weighted by molar-refractivity contribution is 0.629. The molecule has 128 valence electrons. The standard InChI is InChI=1S/C19H11BrClFN4/c20-12-3-1-10(2-4-12)16-9-17(26-19(23)25-16)14-8-11-7-13(22)5-6-15(11)24-18(14)21/h1-9H,(H2,23,25,26). The molecular formula is C19H11BrClFN4. The number of anilines is 1. The van der Waals surface area contributed by atoms with Gasteiger partial charge in [-0.15, -0.1) is 0 Å². The molecule has 2 aromatic heterocycles. The summed E-state index contributed by atoms with van der Waals surface area (Å²) in [6.07, 6.45) is 0. The van der Waals surface area contributed by atoms with E-state index in [0.717, 1.165) is 10.0 Å². The van der Waals surface area contributed by atoms with Crippen molar-refractivity contribution in [3.63, 3.8) is 0 Å². The maximum absolute atomic E-state index is 13.5. The van der Waals surface area contributed by atoms with Gasteiger partial charge in [0.15, 0.2) is 0 Å². The van der Waals surface area contributed by atoms with E-state index in [1.165, 1.54) is 12.1 Å². The maximum atomic E-state index is 13.5. The van der Waals surface area contributed by atoms with Crippen LogP contribution in [0, 0.1) is 5.82 Å². The number of hydrogen-bond acceptors (Lipinski definition) is 4. The first-order valence-electron chi connectivity index (χ1n) is 7.66. The van der Waals surface area contributed by atoms with Crippen LogP contribution in [0.4, 0.5) is 10.3 Å². The summed E-state index contributed by atoms with van der Waals surface area (Å²) >= 11 is 9.74. The highest BCUT2D eigenvalue weighted by atomic mass is 79.9. The highest BCUT2D eigenvalue weighted by molar-refractivity contribution is 9.10. The molecule has 0 aliphatic rings. The molecule has 0 aliphatic carbocycles. The molecule has 0 fully saturated rings. The normalized spacial score (nSPS) is 11.0. The van der Waals surface area contributed by atoms with Gasteiger partial charge in [-0.1, -0.05) is 39.7 Å². The van der Waals surface area contributed by atoms with Gasteiger partial charge in [0.25, 0.3) is 0 Å². The summed E-state index contributed by atoms with van der Waals surface area (Å²) in [6.45, 7) is 0. The third kappa shape index (κ3) is 3.25. The van der Waals surface area contributed by atoms with Crippen LogP contribution in [0.5, 0.6) is 0 Å². The van der Waals surface area contributed by atoms with E-state index in [1.807, 2.05) is 24.3 Å². The molecule has 2 heterocycles. The van der Waals surface area contributed by atoms with Crippen LogP contribution in [0.1, 0.15) is 0 Å². The summed E-state index contributed by atoms with van der Waals surface area (Å²) in [5.74, 6) is -0.221. The largest absolute Gasteiger partial charge is 0.368 e. The van der Waals surface area contributed by atoms with Crippen LogP contribution < -0.4 is 5.73 Å². The van der Waals surface area contributed by atoms with Gasteiger partial charge in [-0.25, -0.2) is 19.3 Å². The molecule has 0 radical (unpaired) electrons. The van der Waals surface area contributed by atoms with E-state index in [9.17, 15) is 4.39 Å². The second-order valence-corrected chi connectivity index (χ2v) is 6.94. The molecule has 0 saturated heterocycles. The minimum absolute atomic E-state index is 0.121. The number of halogens is 3. The Morgan fingerprint density at radius 3 is 2.38 bits per heavy atom. The molecule has 2 N–H and O–H groups in total. The zero-order valence-electron chi connectivity index (χ0n) is 13.2. The zero-order valence-corrected chi connectivity index (χ0v) is 15.6. The molecule has 0 aliphatic heterocycles. The zero-order chi connectivity index (χ0) is 18.3. The second-order valence-electron chi connectivity index (χ2n) is 5.67. The van der Waals surface area contributed by atoms with Crippen molar-refractivity contribution in [2.24, 2.45) is 0 Å². The highest BCUT2D eigenvalue weighted by Gasteiger charge is 2.13. The summed E-state index contributed by atoms with van der Waals surface area (Å²) in [7, 11) is 0. The van der Waals surface area contributed by atoms with E-state index in [1.54, 1.807) is 18.2 Å². The van der Waals surface area contributed by atoms with Gasteiger partial charge in [-0.3, -0.25) is 0 Å². The Kier molecular flexibility index (Phi) is 4.30. The Morgan fingerprint density at radius 1 is 0.885 bits per heavy atom. The highest BCUT2D eigenvalue weighted by Crippen LogP contribution is 2.31. The van der Waals surface area contributed by atoms with Gasteiger partial charge in [0, 0.05) is 21.0 Å². The van der Waals surface area contributed by atoms with Gasteiger partial charge < -0.3 is 5.73 Å². The Balaban J connectivity index is 1.89. The molecule has 0 bridgehead atoms. The van der Waals surface area contributed by atoms with E-state index >= 15 is 0 Å². The number of aromatic nitrogens is 3. The quantitative estimate of drug-likeness (QED) is 0.428. The number of hydrogen-bond donors (Lipinski definition) is 1. The average molecular weight is 430 g/mol. The number of benzene rings is 2. The summed E-state index contributed by atoms with van der Waals surface area (Å²) < 4.78 is 14.5. The van der Waals surface area contributed by atoms with Crippen molar-refractivity contribution < 1.29 is 4.39 Å². The Labute approximate surface area is 162 Å². The van der Waals surface area contributed by atoms with Crippen LogP contribution >= 0.6 is 27.5 Å². The van der Waals surface area contributed by atoms with Gasteiger partial charge in [-0.05, 0) is 42.5 Å². The number of fused-ring (bicyclic) bond motifs is 1. The third-order valence-corrected chi connectivity index (χ3v) is 4.71. The maximum Gasteiger partial charge on any atom is 0.221 e. The van der Waals surface area contributed by atoms with Gasteiger partial charge in [-0.2, -0.15) is 0 Å². The monoisotopic (exact) mass is 428 g/mol. The number of nitrogens with zero attached hydrogens (tertiary/aromatic N) is 3. The molecule has 7 heteroatoms. The van der Waals surface area contributed by atoms with E-state index < -0.39 is 0 Å². The Bertz CT molecular complexity index is 1130. The lowest BCUT2D eigenvalue weighted by Gasteiger charge is -2.09. The fourth-order valence-electron chi connectivity index (χ4n) is 2.68. The molecule has 0 amide bonds. The SMILES string of the molecule is Nc1nc(-c2ccc(Br)cc2)cc(-c2cc3cc(F)ccc3nc2Cl)n1. The summed E-state index contributed by atoms with van der Waals surface area (Å²) in [5.41, 5.74) is 9.15. The lowest BCUT2D eigenvalue weighted by atomic mass is 10.1. The molecule has 0 spiro atoms.